The number of aromatic nitrogens is 3. The van der Waals surface area contributed by atoms with E-state index in [1.54, 1.807) is 10.9 Å². The predicted octanol–water partition coefficient (Wildman–Crippen LogP) is 6.17. The van der Waals surface area contributed by atoms with Gasteiger partial charge in [-0.1, -0.05) is 25.0 Å². The van der Waals surface area contributed by atoms with E-state index in [0.29, 0.717) is 40.0 Å². The number of fused-ring (bicyclic) bond motifs is 2. The molecule has 3 heterocycles. The minimum atomic E-state index is -0.593. The number of hydrogen-bond donors (Lipinski definition) is 2. The summed E-state index contributed by atoms with van der Waals surface area (Å²) in [5.74, 6) is 1.09. The second kappa shape index (κ2) is 9.36. The van der Waals surface area contributed by atoms with E-state index in [9.17, 15) is 9.50 Å². The highest BCUT2D eigenvalue weighted by Crippen LogP contribution is 2.38. The third kappa shape index (κ3) is 3.92. The lowest BCUT2D eigenvalue weighted by Crippen LogP contribution is -2.27. The van der Waals surface area contributed by atoms with Crippen molar-refractivity contribution in [3.63, 3.8) is 0 Å². The largest absolute Gasteiger partial charge is 0.508 e. The highest BCUT2D eigenvalue weighted by atomic mass is 19.1. The molecule has 0 bridgehead atoms. The zero-order chi connectivity index (χ0) is 25.6. The Labute approximate surface area is 208 Å². The molecular formula is C29H28F2N4O. The van der Waals surface area contributed by atoms with Crippen LogP contribution in [0.1, 0.15) is 51.3 Å². The second-order valence-electron chi connectivity index (χ2n) is 9.31. The van der Waals surface area contributed by atoms with Crippen molar-refractivity contribution in [2.45, 2.75) is 58.7 Å². The van der Waals surface area contributed by atoms with Gasteiger partial charge in [0.25, 0.3) is 0 Å². The quantitative estimate of drug-likeness (QED) is 0.331. The van der Waals surface area contributed by atoms with Crippen LogP contribution in [0.2, 0.25) is 0 Å². The van der Waals surface area contributed by atoms with Crippen molar-refractivity contribution in [1.82, 2.24) is 20.1 Å². The molecule has 5 nitrogen and oxygen atoms in total. The van der Waals surface area contributed by atoms with Gasteiger partial charge in [0.15, 0.2) is 5.82 Å². The number of aromatic hydroxyl groups is 1. The summed E-state index contributed by atoms with van der Waals surface area (Å²) in [6.45, 7) is 6.51. The molecule has 1 aliphatic rings. The molecule has 1 fully saturated rings. The molecule has 0 radical (unpaired) electrons. The highest BCUT2D eigenvalue weighted by molar-refractivity contribution is 6.03. The second-order valence-corrected chi connectivity index (χ2v) is 9.31. The van der Waals surface area contributed by atoms with Gasteiger partial charge in [-0.2, -0.15) is 5.10 Å². The molecule has 0 spiro atoms. The molecule has 1 saturated heterocycles. The number of terminal acetylenes is 1. The Morgan fingerprint density at radius 3 is 2.78 bits per heavy atom. The van der Waals surface area contributed by atoms with Gasteiger partial charge in [0, 0.05) is 41.2 Å². The number of rotatable bonds is 5. The van der Waals surface area contributed by atoms with Gasteiger partial charge in [-0.15, -0.1) is 6.42 Å². The fourth-order valence-electron chi connectivity index (χ4n) is 5.27. The summed E-state index contributed by atoms with van der Waals surface area (Å²) in [5.41, 5.74) is 2.16. The summed E-state index contributed by atoms with van der Waals surface area (Å²) < 4.78 is 32.4. The summed E-state index contributed by atoms with van der Waals surface area (Å²) in [6.07, 6.45) is 12.6. The first-order valence-corrected chi connectivity index (χ1v) is 12.3. The predicted molar refractivity (Wildman–Crippen MR) is 140 cm³/mol. The van der Waals surface area contributed by atoms with E-state index in [4.69, 9.17) is 11.5 Å². The maximum atomic E-state index is 16.2. The zero-order valence-corrected chi connectivity index (χ0v) is 20.6. The van der Waals surface area contributed by atoms with Crippen molar-refractivity contribution in [2.75, 3.05) is 0 Å². The van der Waals surface area contributed by atoms with Gasteiger partial charge in [0.05, 0.1) is 11.3 Å². The first-order valence-electron chi connectivity index (χ1n) is 12.3. The molecule has 36 heavy (non-hydrogen) atoms. The molecule has 184 valence electrons. The average Bonchev–Trinajstić information content (AvgIpc) is 3.48. The van der Waals surface area contributed by atoms with Gasteiger partial charge in [-0.3, -0.25) is 9.67 Å². The third-order valence-electron chi connectivity index (χ3n) is 7.07. The van der Waals surface area contributed by atoms with Crippen LogP contribution in [0.25, 0.3) is 38.5 Å². The number of allylic oxidation sites excluding steroid dienone is 1. The smallest absolute Gasteiger partial charge is 0.175 e. The van der Waals surface area contributed by atoms with E-state index in [2.05, 4.69) is 29.2 Å². The fourth-order valence-corrected chi connectivity index (χ4v) is 5.27. The number of hydrogen-bond acceptors (Lipinski definition) is 4. The number of benzene rings is 2. The number of phenols is 1. The van der Waals surface area contributed by atoms with Crippen molar-refractivity contribution in [3.8, 4) is 29.4 Å². The van der Waals surface area contributed by atoms with E-state index in [1.807, 2.05) is 13.8 Å². The van der Waals surface area contributed by atoms with Crippen LogP contribution in [-0.4, -0.2) is 32.0 Å². The van der Waals surface area contributed by atoms with Crippen LogP contribution in [0.4, 0.5) is 8.78 Å². The Kier molecular flexibility index (Phi) is 6.23. The lowest BCUT2D eigenvalue weighted by atomic mass is 9.95. The van der Waals surface area contributed by atoms with Crippen molar-refractivity contribution >= 4 is 27.2 Å². The van der Waals surface area contributed by atoms with Gasteiger partial charge in [0.2, 0.25) is 0 Å². The Bertz CT molecular complexity index is 1560. The molecule has 2 unspecified atom stereocenters. The van der Waals surface area contributed by atoms with Gasteiger partial charge in [-0.05, 0) is 62.3 Å². The van der Waals surface area contributed by atoms with Gasteiger partial charge >= 0.3 is 0 Å². The Balaban J connectivity index is 1.70. The van der Waals surface area contributed by atoms with E-state index in [-0.39, 0.29) is 28.6 Å². The maximum Gasteiger partial charge on any atom is 0.175 e. The van der Waals surface area contributed by atoms with Crippen molar-refractivity contribution in [2.24, 2.45) is 0 Å². The van der Waals surface area contributed by atoms with Crippen LogP contribution in [0.5, 0.6) is 5.75 Å². The SMILES string of the molecule is C#Cc1c(F)ccc2cc(O)cc(-c3ncc4c(/C(C)=C/C5CCC(CC)N5)nn(CC)c4c3F)c12. The van der Waals surface area contributed by atoms with E-state index < -0.39 is 11.6 Å². The number of nitrogens with one attached hydrogen (secondary N) is 1. The molecule has 0 aliphatic carbocycles. The lowest BCUT2D eigenvalue weighted by molar-refractivity contribution is 0.476. The van der Waals surface area contributed by atoms with Crippen LogP contribution in [0.3, 0.4) is 0 Å². The number of nitrogens with zero attached hydrogens (tertiary/aromatic N) is 3. The first kappa shape index (κ1) is 24.0. The lowest BCUT2D eigenvalue weighted by Gasteiger charge is -2.12. The van der Waals surface area contributed by atoms with E-state index in [0.717, 1.165) is 24.8 Å². The molecule has 7 heteroatoms. The Morgan fingerprint density at radius 2 is 2.08 bits per heavy atom. The summed E-state index contributed by atoms with van der Waals surface area (Å²) in [4.78, 5) is 4.45. The van der Waals surface area contributed by atoms with Crippen LogP contribution >= 0.6 is 0 Å². The van der Waals surface area contributed by atoms with Gasteiger partial charge in [0.1, 0.15) is 22.8 Å². The van der Waals surface area contributed by atoms with E-state index in [1.165, 1.54) is 24.3 Å². The molecule has 2 atom stereocenters. The van der Waals surface area contributed by atoms with Crippen LogP contribution in [0, 0.1) is 24.0 Å². The molecule has 2 N–H and O–H groups in total. The number of aryl methyl sites for hydroxylation is 1. The molecular weight excluding hydrogens is 458 g/mol. The molecule has 4 aromatic rings. The Morgan fingerprint density at radius 1 is 1.28 bits per heavy atom. The van der Waals surface area contributed by atoms with Crippen LogP contribution in [-0.2, 0) is 6.54 Å². The number of halogens is 2. The topological polar surface area (TPSA) is 63.0 Å². The molecule has 5 rings (SSSR count). The number of pyridine rings is 1. The summed E-state index contributed by atoms with van der Waals surface area (Å²) >= 11 is 0. The van der Waals surface area contributed by atoms with Crippen molar-refractivity contribution in [1.29, 1.82) is 0 Å². The van der Waals surface area contributed by atoms with Crippen molar-refractivity contribution in [3.05, 3.63) is 59.4 Å². The standard InChI is InChI=1S/C29H28F2N4O/c1-5-18-9-10-19(33-18)12-16(4)27-23-15-32-28(26(31)29(23)35(7-3)34-27)22-14-20(36)13-17-8-11-24(30)21(6-2)25(17)22/h2,8,11-15,18-19,33,36H,5,7,9-10H2,1,3-4H3/b16-12+. The molecule has 2 aromatic heterocycles. The van der Waals surface area contributed by atoms with Crippen LogP contribution in [0.15, 0.2) is 36.5 Å². The minimum absolute atomic E-state index is 0.00158. The van der Waals surface area contributed by atoms with E-state index >= 15 is 4.39 Å². The summed E-state index contributed by atoms with van der Waals surface area (Å²) in [5, 5.41) is 20.1. The highest BCUT2D eigenvalue weighted by Gasteiger charge is 2.24. The number of phenolic OH excluding ortho intramolecular Hbond substituents is 1. The van der Waals surface area contributed by atoms with Crippen molar-refractivity contribution < 1.29 is 13.9 Å². The molecule has 0 saturated carbocycles. The first-order chi connectivity index (χ1) is 17.4. The monoisotopic (exact) mass is 486 g/mol. The molecule has 0 amide bonds. The Hall–Kier alpha value is -3.76. The maximum absolute atomic E-state index is 16.2. The van der Waals surface area contributed by atoms with Gasteiger partial charge in [-0.25, -0.2) is 8.78 Å². The third-order valence-corrected chi connectivity index (χ3v) is 7.07. The van der Waals surface area contributed by atoms with Gasteiger partial charge < -0.3 is 10.4 Å². The normalized spacial score (nSPS) is 18.3. The zero-order valence-electron chi connectivity index (χ0n) is 20.6. The average molecular weight is 487 g/mol. The van der Waals surface area contributed by atoms with Crippen LogP contribution < -0.4 is 5.32 Å². The summed E-state index contributed by atoms with van der Waals surface area (Å²) in [7, 11) is 0. The fraction of sp³-hybridized carbons (Fsp3) is 0.310. The summed E-state index contributed by atoms with van der Waals surface area (Å²) in [6, 6.07) is 6.36. The molecule has 2 aromatic carbocycles. The minimum Gasteiger partial charge on any atom is -0.508 e. The molecule has 1 aliphatic heterocycles.